The van der Waals surface area contributed by atoms with Crippen LogP contribution in [0.15, 0.2) is 36.7 Å². The molecule has 1 heterocycles. The van der Waals surface area contributed by atoms with Crippen molar-refractivity contribution in [2.24, 2.45) is 0 Å². The number of aromatic nitrogens is 2. The van der Waals surface area contributed by atoms with Gasteiger partial charge in [0.15, 0.2) is 0 Å². The first-order valence-corrected chi connectivity index (χ1v) is 6.80. The molecule has 0 saturated heterocycles. The fraction of sp³-hybridized carbons (Fsp3) is 0.143. The molecule has 104 valence electrons. The number of nitrogens with zero attached hydrogens (tertiary/aromatic N) is 1. The lowest BCUT2D eigenvalue weighted by atomic mass is 10.2. The summed E-state index contributed by atoms with van der Waals surface area (Å²) in [6, 6.07) is 5.19. The summed E-state index contributed by atoms with van der Waals surface area (Å²) in [7, 11) is 0. The number of amides is 1. The molecule has 1 aromatic carbocycles. The van der Waals surface area contributed by atoms with E-state index in [0.717, 1.165) is 11.4 Å². The van der Waals surface area contributed by atoms with E-state index in [9.17, 15) is 4.79 Å². The lowest BCUT2D eigenvalue weighted by Gasteiger charge is -2.00. The van der Waals surface area contributed by atoms with Crippen LogP contribution in [0.5, 0.6) is 0 Å². The Kier molecular flexibility index (Phi) is 5.21. The Balaban J connectivity index is 1.81. The van der Waals surface area contributed by atoms with Gasteiger partial charge in [0.25, 0.3) is 0 Å². The van der Waals surface area contributed by atoms with Crippen LogP contribution in [0.1, 0.15) is 11.4 Å². The first-order chi connectivity index (χ1) is 9.65. The smallest absolute Gasteiger partial charge is 0.244 e. The summed E-state index contributed by atoms with van der Waals surface area (Å²) in [5.41, 5.74) is 0.820. The summed E-state index contributed by atoms with van der Waals surface area (Å²) >= 11 is 11.7. The summed E-state index contributed by atoms with van der Waals surface area (Å²) in [4.78, 5) is 18.7. The molecule has 2 rings (SSSR count). The van der Waals surface area contributed by atoms with Crippen LogP contribution in [0, 0.1) is 0 Å². The number of H-pyrrole nitrogens is 1. The van der Waals surface area contributed by atoms with Gasteiger partial charge in [-0.25, -0.2) is 4.98 Å². The van der Waals surface area contributed by atoms with E-state index in [0.29, 0.717) is 23.0 Å². The predicted octanol–water partition coefficient (Wildman–Crippen LogP) is 3.09. The SMILES string of the molecule is O=C(/C=C/c1ccc(Cl)c(Cl)c1)NCCc1ncc[nH]1. The van der Waals surface area contributed by atoms with Gasteiger partial charge in [-0.2, -0.15) is 0 Å². The number of hydrogen-bond acceptors (Lipinski definition) is 2. The van der Waals surface area contributed by atoms with Crippen molar-refractivity contribution in [1.82, 2.24) is 15.3 Å². The molecule has 1 amide bonds. The van der Waals surface area contributed by atoms with Gasteiger partial charge in [0.2, 0.25) is 5.91 Å². The molecule has 2 N–H and O–H groups in total. The molecular formula is C14H13Cl2N3O. The minimum atomic E-state index is -0.164. The third-order valence-electron chi connectivity index (χ3n) is 2.59. The highest BCUT2D eigenvalue weighted by Gasteiger charge is 1.99. The van der Waals surface area contributed by atoms with Crippen LogP contribution in [0.3, 0.4) is 0 Å². The van der Waals surface area contributed by atoms with Crippen molar-refractivity contribution in [3.05, 3.63) is 58.1 Å². The second-order valence-electron chi connectivity index (χ2n) is 4.08. The summed E-state index contributed by atoms with van der Waals surface area (Å²) in [5, 5.41) is 3.73. The van der Waals surface area contributed by atoms with Crippen molar-refractivity contribution in [1.29, 1.82) is 0 Å². The Morgan fingerprint density at radius 3 is 2.90 bits per heavy atom. The third-order valence-corrected chi connectivity index (χ3v) is 3.33. The molecule has 0 bridgehead atoms. The maximum Gasteiger partial charge on any atom is 0.244 e. The van der Waals surface area contributed by atoms with Crippen LogP contribution in [0.2, 0.25) is 10.0 Å². The van der Waals surface area contributed by atoms with Crippen molar-refractivity contribution >= 4 is 35.2 Å². The number of benzene rings is 1. The lowest BCUT2D eigenvalue weighted by Crippen LogP contribution is -2.23. The van der Waals surface area contributed by atoms with Crippen molar-refractivity contribution < 1.29 is 4.79 Å². The van der Waals surface area contributed by atoms with Gasteiger partial charge >= 0.3 is 0 Å². The third kappa shape index (κ3) is 4.40. The molecular weight excluding hydrogens is 297 g/mol. The maximum atomic E-state index is 11.6. The van der Waals surface area contributed by atoms with E-state index in [1.807, 2.05) is 0 Å². The van der Waals surface area contributed by atoms with Gasteiger partial charge in [-0.15, -0.1) is 0 Å². The molecule has 0 atom stereocenters. The fourth-order valence-corrected chi connectivity index (χ4v) is 1.89. The molecule has 0 unspecified atom stereocenters. The Labute approximate surface area is 126 Å². The highest BCUT2D eigenvalue weighted by Crippen LogP contribution is 2.22. The topological polar surface area (TPSA) is 57.8 Å². The molecule has 0 saturated carbocycles. The van der Waals surface area contributed by atoms with Gasteiger partial charge in [0.1, 0.15) is 5.82 Å². The summed E-state index contributed by atoms with van der Waals surface area (Å²) in [5.74, 6) is 0.682. The van der Waals surface area contributed by atoms with Crippen LogP contribution < -0.4 is 5.32 Å². The number of imidazole rings is 1. The van der Waals surface area contributed by atoms with Gasteiger partial charge in [-0.05, 0) is 23.8 Å². The highest BCUT2D eigenvalue weighted by molar-refractivity contribution is 6.42. The first-order valence-electron chi connectivity index (χ1n) is 6.04. The van der Waals surface area contributed by atoms with E-state index in [4.69, 9.17) is 23.2 Å². The summed E-state index contributed by atoms with van der Waals surface area (Å²) in [6.07, 6.45) is 7.24. The summed E-state index contributed by atoms with van der Waals surface area (Å²) < 4.78 is 0. The van der Waals surface area contributed by atoms with Crippen LogP contribution >= 0.6 is 23.2 Å². The van der Waals surface area contributed by atoms with Gasteiger partial charge < -0.3 is 10.3 Å². The normalized spacial score (nSPS) is 10.9. The maximum absolute atomic E-state index is 11.6. The monoisotopic (exact) mass is 309 g/mol. The standard InChI is InChI=1S/C14H13Cl2N3O/c15-11-3-1-10(9-12(11)16)2-4-14(20)19-6-5-13-17-7-8-18-13/h1-4,7-9H,5-6H2,(H,17,18)(H,19,20)/b4-2+. The molecule has 6 heteroatoms. The van der Waals surface area contributed by atoms with Gasteiger partial charge in [-0.1, -0.05) is 29.3 Å². The van der Waals surface area contributed by atoms with E-state index in [-0.39, 0.29) is 5.91 Å². The molecule has 2 aromatic rings. The fourth-order valence-electron chi connectivity index (χ4n) is 1.59. The van der Waals surface area contributed by atoms with Gasteiger partial charge in [0, 0.05) is 31.4 Å². The Morgan fingerprint density at radius 2 is 2.20 bits per heavy atom. The zero-order valence-corrected chi connectivity index (χ0v) is 12.1. The Bertz CT molecular complexity index is 609. The van der Waals surface area contributed by atoms with Crippen molar-refractivity contribution in [3.8, 4) is 0 Å². The van der Waals surface area contributed by atoms with Crippen LogP contribution in [0.25, 0.3) is 6.08 Å². The first kappa shape index (κ1) is 14.6. The number of carbonyl (C=O) groups is 1. The minimum absolute atomic E-state index is 0.164. The molecule has 20 heavy (non-hydrogen) atoms. The zero-order valence-electron chi connectivity index (χ0n) is 10.6. The second kappa shape index (κ2) is 7.12. The number of nitrogens with one attached hydrogen (secondary N) is 2. The van der Waals surface area contributed by atoms with E-state index >= 15 is 0 Å². The molecule has 0 aliphatic heterocycles. The average Bonchev–Trinajstić information content (AvgIpc) is 2.93. The Hall–Kier alpha value is -1.78. The quantitative estimate of drug-likeness (QED) is 0.834. The van der Waals surface area contributed by atoms with Crippen molar-refractivity contribution in [2.75, 3.05) is 6.54 Å². The van der Waals surface area contributed by atoms with Gasteiger partial charge in [-0.3, -0.25) is 4.79 Å². The Morgan fingerprint density at radius 1 is 1.35 bits per heavy atom. The lowest BCUT2D eigenvalue weighted by molar-refractivity contribution is -0.116. The molecule has 1 aromatic heterocycles. The molecule has 0 aliphatic carbocycles. The van der Waals surface area contributed by atoms with Crippen molar-refractivity contribution in [3.63, 3.8) is 0 Å². The van der Waals surface area contributed by atoms with Gasteiger partial charge in [0.05, 0.1) is 10.0 Å². The van der Waals surface area contributed by atoms with E-state index in [2.05, 4.69) is 15.3 Å². The molecule has 4 nitrogen and oxygen atoms in total. The average molecular weight is 310 g/mol. The molecule has 0 fully saturated rings. The second-order valence-corrected chi connectivity index (χ2v) is 4.90. The molecule has 0 aliphatic rings. The number of halogens is 2. The van der Waals surface area contributed by atoms with E-state index in [1.165, 1.54) is 6.08 Å². The number of hydrogen-bond donors (Lipinski definition) is 2. The minimum Gasteiger partial charge on any atom is -0.352 e. The van der Waals surface area contributed by atoms with Crippen LogP contribution in [-0.4, -0.2) is 22.4 Å². The largest absolute Gasteiger partial charge is 0.352 e. The van der Waals surface area contributed by atoms with Crippen molar-refractivity contribution in [2.45, 2.75) is 6.42 Å². The zero-order chi connectivity index (χ0) is 14.4. The van der Waals surface area contributed by atoms with E-state index < -0.39 is 0 Å². The number of rotatable bonds is 5. The molecule has 0 radical (unpaired) electrons. The summed E-state index contributed by atoms with van der Waals surface area (Å²) in [6.45, 7) is 0.526. The molecule has 0 spiro atoms. The van der Waals surface area contributed by atoms with Crippen LogP contribution in [0.4, 0.5) is 0 Å². The van der Waals surface area contributed by atoms with E-state index in [1.54, 1.807) is 36.7 Å². The number of carbonyl (C=O) groups excluding carboxylic acids is 1. The predicted molar refractivity (Wildman–Crippen MR) is 80.8 cm³/mol. The van der Waals surface area contributed by atoms with Crippen LogP contribution in [-0.2, 0) is 11.2 Å². The highest BCUT2D eigenvalue weighted by atomic mass is 35.5. The number of aromatic amines is 1.